The molecule has 28 heavy (non-hydrogen) atoms. The molecule has 0 bridgehead atoms. The van der Waals surface area contributed by atoms with E-state index in [0.29, 0.717) is 0 Å². The Hall–Kier alpha value is -2.50. The summed E-state index contributed by atoms with van der Waals surface area (Å²) in [6.07, 6.45) is -1.22. The number of amides is 1. The molecular weight excluding hydrogens is 407 g/mol. The van der Waals surface area contributed by atoms with Crippen LogP contribution in [0.1, 0.15) is 33.3 Å². The van der Waals surface area contributed by atoms with Crippen molar-refractivity contribution in [2.45, 2.75) is 50.8 Å². The second-order valence-electron chi connectivity index (χ2n) is 7.07. The fraction of sp³-hybridized carbons (Fsp3) is 0.500. The zero-order valence-corrected chi connectivity index (χ0v) is 16.3. The van der Waals surface area contributed by atoms with Gasteiger partial charge in [-0.1, -0.05) is 12.1 Å². The van der Waals surface area contributed by atoms with Crippen LogP contribution in [0, 0.1) is 0 Å². The Labute approximate surface area is 159 Å². The maximum absolute atomic E-state index is 12.3. The number of rotatable bonds is 6. The molecule has 0 fully saturated rings. The van der Waals surface area contributed by atoms with Crippen molar-refractivity contribution in [3.8, 4) is 5.75 Å². The van der Waals surface area contributed by atoms with Crippen LogP contribution in [0.5, 0.6) is 5.75 Å². The average Bonchev–Trinajstić information content (AvgIpc) is 2.45. The topological polar surface area (TPSA) is 119 Å². The standard InChI is InChI=1S/C16H20F3NO7S/c1-14(2,3)26-13(23)20-15(4,12(21)22)9-10-5-7-11(8-6-10)27-28(24,25)16(17,18)19/h5-8H,9H2,1-4H3,(H,20,23)(H,21,22)/t15-/m0/s1. The molecule has 0 aliphatic heterocycles. The molecule has 0 radical (unpaired) electrons. The van der Waals surface area contributed by atoms with Crippen LogP contribution < -0.4 is 9.50 Å². The van der Waals surface area contributed by atoms with Crippen LogP contribution in [0.4, 0.5) is 18.0 Å². The first-order valence-corrected chi connectivity index (χ1v) is 9.20. The van der Waals surface area contributed by atoms with Gasteiger partial charge in [0.05, 0.1) is 0 Å². The lowest BCUT2D eigenvalue weighted by molar-refractivity contribution is -0.144. The van der Waals surface area contributed by atoms with Crippen LogP contribution >= 0.6 is 0 Å². The number of hydrogen-bond acceptors (Lipinski definition) is 6. The van der Waals surface area contributed by atoms with E-state index in [0.717, 1.165) is 12.1 Å². The minimum Gasteiger partial charge on any atom is -0.480 e. The van der Waals surface area contributed by atoms with Crippen LogP contribution in [0.2, 0.25) is 0 Å². The fourth-order valence-corrected chi connectivity index (χ4v) is 2.41. The summed E-state index contributed by atoms with van der Waals surface area (Å²) in [6.45, 7) is 6.01. The number of carboxylic acid groups (broad SMARTS) is 1. The Balaban J connectivity index is 2.95. The normalized spacial score (nSPS) is 14.7. The van der Waals surface area contributed by atoms with Gasteiger partial charge in [-0.2, -0.15) is 21.6 Å². The molecule has 0 aromatic heterocycles. The maximum Gasteiger partial charge on any atom is 0.534 e. The second kappa shape index (κ2) is 7.86. The van der Waals surface area contributed by atoms with Gasteiger partial charge >= 0.3 is 27.7 Å². The van der Waals surface area contributed by atoms with Gasteiger partial charge in [-0.3, -0.25) is 0 Å². The molecule has 0 aliphatic carbocycles. The molecule has 0 unspecified atom stereocenters. The molecule has 1 aromatic rings. The van der Waals surface area contributed by atoms with E-state index in [1.807, 2.05) is 0 Å². The highest BCUT2D eigenvalue weighted by molar-refractivity contribution is 7.88. The van der Waals surface area contributed by atoms with Crippen molar-refractivity contribution in [1.29, 1.82) is 0 Å². The molecule has 1 atom stereocenters. The highest BCUT2D eigenvalue weighted by Crippen LogP contribution is 2.27. The Morgan fingerprint density at radius 3 is 1.96 bits per heavy atom. The predicted octanol–water partition coefficient (Wildman–Crippen LogP) is 2.83. The molecular formula is C16H20F3NO7S. The van der Waals surface area contributed by atoms with Crippen molar-refractivity contribution in [2.24, 2.45) is 0 Å². The molecule has 2 N–H and O–H groups in total. The van der Waals surface area contributed by atoms with E-state index >= 15 is 0 Å². The zero-order valence-electron chi connectivity index (χ0n) is 15.5. The van der Waals surface area contributed by atoms with Gasteiger partial charge in [0.25, 0.3) is 0 Å². The molecule has 0 aliphatic rings. The summed E-state index contributed by atoms with van der Waals surface area (Å²) in [5.41, 5.74) is -7.93. The van der Waals surface area contributed by atoms with Crippen LogP contribution in [-0.4, -0.2) is 42.2 Å². The number of ether oxygens (including phenoxy) is 1. The number of benzene rings is 1. The Kier molecular flexibility index (Phi) is 6.60. The summed E-state index contributed by atoms with van der Waals surface area (Å²) >= 11 is 0. The molecule has 0 spiro atoms. The predicted molar refractivity (Wildman–Crippen MR) is 91.2 cm³/mol. The minimum atomic E-state index is -5.81. The van der Waals surface area contributed by atoms with Crippen molar-refractivity contribution in [3.05, 3.63) is 29.8 Å². The molecule has 0 heterocycles. The number of alkyl carbamates (subject to hydrolysis) is 1. The average molecular weight is 427 g/mol. The lowest BCUT2D eigenvalue weighted by Gasteiger charge is -2.28. The van der Waals surface area contributed by atoms with Gasteiger partial charge in [0.1, 0.15) is 16.9 Å². The first-order valence-electron chi connectivity index (χ1n) is 7.79. The molecule has 0 saturated carbocycles. The Bertz CT molecular complexity index is 829. The number of hydrogen-bond donors (Lipinski definition) is 2. The summed E-state index contributed by atoms with van der Waals surface area (Å²) in [7, 11) is -5.81. The van der Waals surface area contributed by atoms with E-state index in [1.165, 1.54) is 19.1 Å². The van der Waals surface area contributed by atoms with Gasteiger partial charge < -0.3 is 19.3 Å². The number of aliphatic carboxylic acids is 1. The SMILES string of the molecule is CC(C)(C)OC(=O)N[C@@](C)(Cc1ccc(OS(=O)(=O)C(F)(F)F)cc1)C(=O)O. The largest absolute Gasteiger partial charge is 0.534 e. The smallest absolute Gasteiger partial charge is 0.480 e. The second-order valence-corrected chi connectivity index (χ2v) is 8.61. The number of carbonyl (C=O) groups excluding carboxylic acids is 1. The summed E-state index contributed by atoms with van der Waals surface area (Å²) in [4.78, 5) is 23.5. The summed E-state index contributed by atoms with van der Waals surface area (Å²) < 4.78 is 67.9. The highest BCUT2D eigenvalue weighted by atomic mass is 32.2. The van der Waals surface area contributed by atoms with Crippen molar-refractivity contribution >= 4 is 22.2 Å². The molecule has 12 heteroatoms. The monoisotopic (exact) mass is 427 g/mol. The zero-order chi connectivity index (χ0) is 22.0. The highest BCUT2D eigenvalue weighted by Gasteiger charge is 2.48. The number of nitrogens with one attached hydrogen (secondary N) is 1. The van der Waals surface area contributed by atoms with E-state index in [4.69, 9.17) is 4.74 Å². The third kappa shape index (κ3) is 6.59. The maximum atomic E-state index is 12.3. The number of alkyl halides is 3. The van der Waals surface area contributed by atoms with Crippen LogP contribution in [0.3, 0.4) is 0 Å². The summed E-state index contributed by atoms with van der Waals surface area (Å²) in [5.74, 6) is -1.98. The van der Waals surface area contributed by atoms with Gasteiger partial charge in [0.15, 0.2) is 0 Å². The molecule has 1 rings (SSSR count). The van der Waals surface area contributed by atoms with Crippen LogP contribution in [0.25, 0.3) is 0 Å². The summed E-state index contributed by atoms with van der Waals surface area (Å²) in [5, 5.41) is 11.7. The van der Waals surface area contributed by atoms with Crippen LogP contribution in [0.15, 0.2) is 24.3 Å². The third-order valence-corrected chi connectivity index (χ3v) is 4.20. The first kappa shape index (κ1) is 23.5. The quantitative estimate of drug-likeness (QED) is 0.529. The molecule has 158 valence electrons. The van der Waals surface area contributed by atoms with Crippen molar-refractivity contribution in [2.75, 3.05) is 0 Å². The van der Waals surface area contributed by atoms with Crippen molar-refractivity contribution in [3.63, 3.8) is 0 Å². The number of carbonyl (C=O) groups is 2. The summed E-state index contributed by atoms with van der Waals surface area (Å²) in [6, 6.07) is 4.24. The lowest BCUT2D eigenvalue weighted by Crippen LogP contribution is -2.54. The first-order chi connectivity index (χ1) is 12.5. The molecule has 8 nitrogen and oxygen atoms in total. The van der Waals surface area contributed by atoms with Crippen molar-refractivity contribution in [1.82, 2.24) is 5.32 Å². The van der Waals surface area contributed by atoms with Gasteiger partial charge in [0.2, 0.25) is 0 Å². The number of carboxylic acids is 1. The Morgan fingerprint density at radius 2 is 1.57 bits per heavy atom. The van der Waals surface area contributed by atoms with E-state index in [-0.39, 0.29) is 12.0 Å². The van der Waals surface area contributed by atoms with Gasteiger partial charge in [-0.15, -0.1) is 0 Å². The molecule has 1 amide bonds. The van der Waals surface area contributed by atoms with E-state index in [1.54, 1.807) is 20.8 Å². The fourth-order valence-electron chi connectivity index (χ4n) is 1.95. The minimum absolute atomic E-state index is 0.256. The lowest BCUT2D eigenvalue weighted by atomic mass is 9.93. The molecule has 0 saturated heterocycles. The van der Waals surface area contributed by atoms with E-state index < -0.39 is 44.6 Å². The van der Waals surface area contributed by atoms with Crippen LogP contribution in [-0.2, 0) is 26.1 Å². The van der Waals surface area contributed by atoms with Gasteiger partial charge in [-0.25, -0.2) is 9.59 Å². The van der Waals surface area contributed by atoms with Crippen molar-refractivity contribution < 1.29 is 45.2 Å². The molecule has 1 aromatic carbocycles. The van der Waals surface area contributed by atoms with E-state index in [2.05, 4.69) is 9.50 Å². The van der Waals surface area contributed by atoms with Gasteiger partial charge in [-0.05, 0) is 45.4 Å². The number of halogens is 3. The third-order valence-electron chi connectivity index (χ3n) is 3.22. The Morgan fingerprint density at radius 1 is 1.07 bits per heavy atom. The van der Waals surface area contributed by atoms with E-state index in [9.17, 15) is 36.3 Å². The van der Waals surface area contributed by atoms with Gasteiger partial charge in [0, 0.05) is 6.42 Å².